The van der Waals surface area contributed by atoms with E-state index >= 15 is 0 Å². The predicted molar refractivity (Wildman–Crippen MR) is 137 cm³/mol. The fraction of sp³-hybridized carbons (Fsp3) is 0.593. The molecule has 1 aliphatic heterocycles. The van der Waals surface area contributed by atoms with Crippen molar-refractivity contribution in [3.63, 3.8) is 0 Å². The highest BCUT2D eigenvalue weighted by atomic mass is 16.6. The summed E-state index contributed by atoms with van der Waals surface area (Å²) in [5, 5.41) is 3.62. The molecule has 1 aromatic carbocycles. The highest BCUT2D eigenvalue weighted by molar-refractivity contribution is 5.93. The van der Waals surface area contributed by atoms with Gasteiger partial charge >= 0.3 is 12.1 Å². The van der Waals surface area contributed by atoms with Gasteiger partial charge in [0.25, 0.3) is 0 Å². The van der Waals surface area contributed by atoms with E-state index in [9.17, 15) is 14.4 Å². The Kier molecular flexibility index (Phi) is 7.91. The van der Waals surface area contributed by atoms with Crippen LogP contribution in [0.25, 0.3) is 10.9 Å². The van der Waals surface area contributed by atoms with Gasteiger partial charge in [0.15, 0.2) is 0 Å². The zero-order valence-electron chi connectivity index (χ0n) is 22.8. The van der Waals surface area contributed by atoms with Crippen molar-refractivity contribution >= 4 is 28.9 Å². The van der Waals surface area contributed by atoms with Gasteiger partial charge in [-0.05, 0) is 64.2 Å². The monoisotopic (exact) mass is 501 g/mol. The topological polar surface area (TPSA) is 110 Å². The third-order valence-corrected chi connectivity index (χ3v) is 6.38. The molecule has 0 spiro atoms. The lowest BCUT2D eigenvalue weighted by molar-refractivity contribution is -0.157. The van der Waals surface area contributed by atoms with Crippen molar-refractivity contribution in [1.29, 1.82) is 0 Å². The number of hydrogen-bond donors (Lipinski definition) is 2. The predicted octanol–water partition coefficient (Wildman–Crippen LogP) is 4.41. The highest BCUT2D eigenvalue weighted by Crippen LogP contribution is 2.42. The normalized spacial score (nSPS) is 18.6. The lowest BCUT2D eigenvalue weighted by Crippen LogP contribution is -2.57. The molecule has 0 aliphatic carbocycles. The SMILES string of the molecule is COC(=O)[C@@H]1Cc2c([nH]c3cc(OC)c(C)cc23)[C@H](CC(C)C)N1C(=O)[C@H](C)NC(=O)OC(C)(C)C. The molecule has 198 valence electrons. The summed E-state index contributed by atoms with van der Waals surface area (Å²) in [6.07, 6.45) is 0.228. The number of aromatic nitrogens is 1. The van der Waals surface area contributed by atoms with E-state index in [0.29, 0.717) is 12.8 Å². The molecular formula is C27H39N3O6. The lowest BCUT2D eigenvalue weighted by atomic mass is 9.86. The number of methoxy groups -OCH3 is 2. The molecule has 2 amide bonds. The van der Waals surface area contributed by atoms with Gasteiger partial charge in [-0.15, -0.1) is 0 Å². The Morgan fingerprint density at radius 3 is 2.39 bits per heavy atom. The third kappa shape index (κ3) is 5.60. The fourth-order valence-corrected chi connectivity index (χ4v) is 4.87. The molecule has 0 saturated carbocycles. The van der Waals surface area contributed by atoms with Gasteiger partial charge < -0.3 is 29.4 Å². The van der Waals surface area contributed by atoms with E-state index in [1.807, 2.05) is 13.0 Å². The van der Waals surface area contributed by atoms with Gasteiger partial charge in [-0.1, -0.05) is 13.8 Å². The number of carbonyl (C=O) groups is 3. The first-order valence-corrected chi connectivity index (χ1v) is 12.4. The van der Waals surface area contributed by atoms with Crippen LogP contribution in [0.2, 0.25) is 0 Å². The van der Waals surface area contributed by atoms with Crippen LogP contribution in [0.1, 0.15) is 70.8 Å². The van der Waals surface area contributed by atoms with E-state index in [4.69, 9.17) is 14.2 Å². The second kappa shape index (κ2) is 10.4. The average molecular weight is 502 g/mol. The molecule has 1 aromatic heterocycles. The molecule has 2 N–H and O–H groups in total. The van der Waals surface area contributed by atoms with Gasteiger partial charge in [-0.25, -0.2) is 9.59 Å². The average Bonchev–Trinajstić information content (AvgIpc) is 3.12. The van der Waals surface area contributed by atoms with Crippen molar-refractivity contribution in [2.45, 2.75) is 85.0 Å². The summed E-state index contributed by atoms with van der Waals surface area (Å²) < 4.78 is 16.0. The van der Waals surface area contributed by atoms with Gasteiger partial charge in [0, 0.05) is 29.1 Å². The van der Waals surface area contributed by atoms with Gasteiger partial charge in [0.2, 0.25) is 5.91 Å². The largest absolute Gasteiger partial charge is 0.496 e. The Balaban J connectivity index is 2.09. The van der Waals surface area contributed by atoms with Crippen molar-refractivity contribution in [3.8, 4) is 5.75 Å². The summed E-state index contributed by atoms with van der Waals surface area (Å²) in [6.45, 7) is 13.0. The molecular weight excluding hydrogens is 462 g/mol. The zero-order chi connectivity index (χ0) is 26.9. The number of benzene rings is 1. The van der Waals surface area contributed by atoms with Crippen LogP contribution in [0, 0.1) is 12.8 Å². The number of ether oxygens (including phenoxy) is 3. The van der Waals surface area contributed by atoms with Crippen molar-refractivity contribution in [2.24, 2.45) is 5.92 Å². The van der Waals surface area contributed by atoms with E-state index in [1.165, 1.54) is 7.11 Å². The number of aromatic amines is 1. The van der Waals surface area contributed by atoms with Crippen LogP contribution in [0.4, 0.5) is 4.79 Å². The second-order valence-corrected chi connectivity index (χ2v) is 10.9. The molecule has 2 aromatic rings. The molecule has 0 saturated heterocycles. The van der Waals surface area contributed by atoms with E-state index in [2.05, 4.69) is 30.2 Å². The Morgan fingerprint density at radius 1 is 1.17 bits per heavy atom. The molecule has 2 heterocycles. The quantitative estimate of drug-likeness (QED) is 0.568. The Hall–Kier alpha value is -3.23. The molecule has 3 atom stereocenters. The molecule has 0 bridgehead atoms. The molecule has 9 heteroatoms. The first-order chi connectivity index (χ1) is 16.8. The number of hydrogen-bond acceptors (Lipinski definition) is 6. The molecule has 0 unspecified atom stereocenters. The van der Waals surface area contributed by atoms with Crippen LogP contribution < -0.4 is 10.1 Å². The van der Waals surface area contributed by atoms with E-state index in [0.717, 1.165) is 33.5 Å². The fourth-order valence-electron chi connectivity index (χ4n) is 4.87. The maximum atomic E-state index is 13.8. The Morgan fingerprint density at radius 2 is 1.83 bits per heavy atom. The van der Waals surface area contributed by atoms with Crippen LogP contribution in [0.3, 0.4) is 0 Å². The van der Waals surface area contributed by atoms with Gasteiger partial charge in [0.1, 0.15) is 23.4 Å². The first-order valence-electron chi connectivity index (χ1n) is 12.4. The molecule has 3 rings (SSSR count). The van der Waals surface area contributed by atoms with Gasteiger partial charge in [0.05, 0.1) is 20.3 Å². The lowest BCUT2D eigenvalue weighted by Gasteiger charge is -2.42. The minimum absolute atomic E-state index is 0.228. The van der Waals surface area contributed by atoms with Crippen LogP contribution in [-0.4, -0.2) is 59.8 Å². The number of amides is 2. The number of H-pyrrole nitrogens is 1. The van der Waals surface area contributed by atoms with Crippen molar-refractivity contribution in [3.05, 3.63) is 29.0 Å². The summed E-state index contributed by atoms with van der Waals surface area (Å²) in [6, 6.07) is 1.85. The molecule has 1 aliphatic rings. The minimum Gasteiger partial charge on any atom is -0.496 e. The first kappa shape index (κ1) is 27.4. The van der Waals surface area contributed by atoms with Crippen LogP contribution in [-0.2, 0) is 25.5 Å². The van der Waals surface area contributed by atoms with E-state index in [1.54, 1.807) is 39.7 Å². The Labute approximate surface area is 212 Å². The molecule has 36 heavy (non-hydrogen) atoms. The van der Waals surface area contributed by atoms with Crippen LogP contribution in [0.15, 0.2) is 12.1 Å². The molecule has 9 nitrogen and oxygen atoms in total. The summed E-state index contributed by atoms with van der Waals surface area (Å²) in [7, 11) is 2.95. The van der Waals surface area contributed by atoms with E-state index in [-0.39, 0.29) is 11.8 Å². The number of carbonyl (C=O) groups excluding carboxylic acids is 3. The highest BCUT2D eigenvalue weighted by Gasteiger charge is 2.45. The standard InChI is InChI=1S/C27H39N3O6/c1-14(2)10-20-23-18(17-11-15(3)22(34-8)13-19(17)29-23)12-21(25(32)35-9)30(20)24(31)16(4)28-26(33)36-27(5,6)7/h11,13-14,16,20-21,29H,10,12H2,1-9H3,(H,28,33)/t16-,20-,21-/m0/s1. The maximum absolute atomic E-state index is 13.8. The van der Waals surface area contributed by atoms with Crippen LogP contribution >= 0.6 is 0 Å². The van der Waals surface area contributed by atoms with Gasteiger partial charge in [-0.2, -0.15) is 0 Å². The number of aryl methyl sites for hydroxylation is 1. The maximum Gasteiger partial charge on any atom is 0.408 e. The molecule has 0 fully saturated rings. The summed E-state index contributed by atoms with van der Waals surface area (Å²) in [5.41, 5.74) is 3.05. The summed E-state index contributed by atoms with van der Waals surface area (Å²) >= 11 is 0. The van der Waals surface area contributed by atoms with Crippen molar-refractivity contribution < 1.29 is 28.6 Å². The number of nitrogens with one attached hydrogen (secondary N) is 2. The molecule has 0 radical (unpaired) electrons. The number of alkyl carbamates (subject to hydrolysis) is 1. The number of esters is 1. The summed E-state index contributed by atoms with van der Waals surface area (Å²) in [4.78, 5) is 44.3. The van der Waals surface area contributed by atoms with Crippen molar-refractivity contribution in [2.75, 3.05) is 14.2 Å². The second-order valence-electron chi connectivity index (χ2n) is 10.9. The van der Waals surface area contributed by atoms with Gasteiger partial charge in [-0.3, -0.25) is 4.79 Å². The summed E-state index contributed by atoms with van der Waals surface area (Å²) in [5.74, 6) is 0.118. The number of rotatable bonds is 6. The van der Waals surface area contributed by atoms with Crippen molar-refractivity contribution in [1.82, 2.24) is 15.2 Å². The zero-order valence-corrected chi connectivity index (χ0v) is 22.8. The smallest absolute Gasteiger partial charge is 0.408 e. The minimum atomic E-state index is -0.907. The number of nitrogens with zero attached hydrogens (tertiary/aromatic N) is 1. The third-order valence-electron chi connectivity index (χ3n) is 6.38. The van der Waals surface area contributed by atoms with E-state index < -0.39 is 35.8 Å². The van der Waals surface area contributed by atoms with Crippen LogP contribution in [0.5, 0.6) is 5.75 Å². The number of fused-ring (bicyclic) bond motifs is 3. The Bertz CT molecular complexity index is 1150.